The van der Waals surface area contributed by atoms with Crippen molar-refractivity contribution in [3.63, 3.8) is 0 Å². The molecule has 0 saturated carbocycles. The largest absolute Gasteiger partial charge is 0.370 e. The summed E-state index contributed by atoms with van der Waals surface area (Å²) in [5.41, 5.74) is 6.99. The highest BCUT2D eigenvalue weighted by Crippen LogP contribution is 2.11. The molecule has 0 heterocycles. The molecule has 4 heteroatoms. The van der Waals surface area contributed by atoms with Gasteiger partial charge in [-0.3, -0.25) is 4.99 Å². The number of aliphatic imine (C=N–C) groups is 1. The number of halogens is 1. The van der Waals surface area contributed by atoms with Crippen LogP contribution in [0.3, 0.4) is 0 Å². The van der Waals surface area contributed by atoms with Crippen molar-refractivity contribution in [3.8, 4) is 0 Å². The Bertz CT molecular complexity index is 332. The van der Waals surface area contributed by atoms with Gasteiger partial charge in [-0.05, 0) is 24.6 Å². The molecule has 0 aliphatic carbocycles. The summed E-state index contributed by atoms with van der Waals surface area (Å²) in [5, 5.41) is 0. The van der Waals surface area contributed by atoms with E-state index >= 15 is 0 Å². The van der Waals surface area contributed by atoms with E-state index in [2.05, 4.69) is 33.1 Å². The predicted octanol–water partition coefficient (Wildman–Crippen LogP) is 2.22. The van der Waals surface area contributed by atoms with E-state index in [-0.39, 0.29) is 0 Å². The van der Waals surface area contributed by atoms with Gasteiger partial charge in [-0.1, -0.05) is 28.1 Å². The van der Waals surface area contributed by atoms with Crippen molar-refractivity contribution in [3.05, 3.63) is 34.3 Å². The molecule has 0 spiro atoms. The van der Waals surface area contributed by atoms with Gasteiger partial charge >= 0.3 is 0 Å². The lowest BCUT2D eigenvalue weighted by Crippen LogP contribution is -2.33. The average molecular weight is 270 g/mol. The molecule has 1 rings (SSSR count). The molecule has 0 fully saturated rings. The molecule has 15 heavy (non-hydrogen) atoms. The minimum atomic E-state index is 0.584. The molecule has 0 saturated heterocycles. The summed E-state index contributed by atoms with van der Waals surface area (Å²) >= 11 is 3.40. The first-order valence-electron chi connectivity index (χ1n) is 4.89. The van der Waals surface area contributed by atoms with Crippen LogP contribution in [0.5, 0.6) is 0 Å². The van der Waals surface area contributed by atoms with Crippen LogP contribution in [0.1, 0.15) is 12.5 Å². The second-order valence-corrected chi connectivity index (χ2v) is 4.23. The van der Waals surface area contributed by atoms with Crippen LogP contribution in [0.15, 0.2) is 33.7 Å². The van der Waals surface area contributed by atoms with E-state index in [0.717, 1.165) is 17.6 Å². The second-order valence-electron chi connectivity index (χ2n) is 3.32. The van der Waals surface area contributed by atoms with Crippen LogP contribution in [0.4, 0.5) is 0 Å². The third kappa shape index (κ3) is 3.91. The first-order valence-corrected chi connectivity index (χ1v) is 5.68. The van der Waals surface area contributed by atoms with Gasteiger partial charge in [0.1, 0.15) is 0 Å². The SMILES string of the molecule is CCN=C(N)N(C)Cc1ccc(Br)cc1. The maximum atomic E-state index is 5.77. The summed E-state index contributed by atoms with van der Waals surface area (Å²) < 4.78 is 1.09. The Morgan fingerprint density at radius 3 is 2.53 bits per heavy atom. The molecule has 0 bridgehead atoms. The van der Waals surface area contributed by atoms with Gasteiger partial charge in [-0.15, -0.1) is 0 Å². The third-order valence-electron chi connectivity index (χ3n) is 2.04. The Hall–Kier alpha value is -1.03. The van der Waals surface area contributed by atoms with E-state index in [1.165, 1.54) is 5.56 Å². The number of benzene rings is 1. The van der Waals surface area contributed by atoms with Crippen LogP contribution in [-0.4, -0.2) is 24.5 Å². The van der Waals surface area contributed by atoms with Crippen molar-refractivity contribution < 1.29 is 0 Å². The normalized spacial score (nSPS) is 11.5. The molecule has 0 aliphatic rings. The zero-order valence-corrected chi connectivity index (χ0v) is 10.7. The van der Waals surface area contributed by atoms with E-state index in [1.54, 1.807) is 0 Å². The van der Waals surface area contributed by atoms with Crippen molar-refractivity contribution in [2.45, 2.75) is 13.5 Å². The van der Waals surface area contributed by atoms with Gasteiger partial charge in [0.2, 0.25) is 0 Å². The standard InChI is InChI=1S/C11H16BrN3/c1-3-14-11(13)15(2)8-9-4-6-10(12)7-5-9/h4-7H,3,8H2,1-2H3,(H2,13,14). The van der Waals surface area contributed by atoms with Crippen LogP contribution < -0.4 is 5.73 Å². The lowest BCUT2D eigenvalue weighted by atomic mass is 10.2. The molecule has 0 aromatic heterocycles. The van der Waals surface area contributed by atoms with Crippen LogP contribution in [0.25, 0.3) is 0 Å². The summed E-state index contributed by atoms with van der Waals surface area (Å²) in [4.78, 5) is 6.09. The summed E-state index contributed by atoms with van der Waals surface area (Å²) in [6, 6.07) is 8.19. The van der Waals surface area contributed by atoms with Gasteiger partial charge in [-0.25, -0.2) is 0 Å². The first kappa shape index (κ1) is 12.0. The van der Waals surface area contributed by atoms with Gasteiger partial charge in [0.25, 0.3) is 0 Å². The van der Waals surface area contributed by atoms with E-state index in [1.807, 2.05) is 31.0 Å². The lowest BCUT2D eigenvalue weighted by molar-refractivity contribution is 0.492. The monoisotopic (exact) mass is 269 g/mol. The van der Waals surface area contributed by atoms with Gasteiger partial charge in [0, 0.05) is 24.6 Å². The van der Waals surface area contributed by atoms with Crippen LogP contribution in [-0.2, 0) is 6.54 Å². The van der Waals surface area contributed by atoms with E-state index in [4.69, 9.17) is 5.73 Å². The van der Waals surface area contributed by atoms with Gasteiger partial charge in [0.15, 0.2) is 5.96 Å². The molecule has 1 aromatic rings. The Kier molecular flexibility index (Phi) is 4.62. The Morgan fingerprint density at radius 1 is 1.40 bits per heavy atom. The van der Waals surface area contributed by atoms with Crippen LogP contribution >= 0.6 is 15.9 Å². The molecule has 0 aliphatic heterocycles. The van der Waals surface area contributed by atoms with Crippen molar-refractivity contribution in [2.75, 3.05) is 13.6 Å². The number of hydrogen-bond acceptors (Lipinski definition) is 1. The number of rotatable bonds is 3. The Morgan fingerprint density at radius 2 is 2.00 bits per heavy atom. The maximum absolute atomic E-state index is 5.77. The predicted molar refractivity (Wildman–Crippen MR) is 67.8 cm³/mol. The molecule has 0 unspecified atom stereocenters. The quantitative estimate of drug-likeness (QED) is 0.676. The Labute approximate surface area is 99.1 Å². The summed E-state index contributed by atoms with van der Waals surface area (Å²) in [7, 11) is 1.94. The smallest absolute Gasteiger partial charge is 0.191 e. The average Bonchev–Trinajstić information content (AvgIpc) is 2.22. The number of hydrogen-bond donors (Lipinski definition) is 1. The van der Waals surface area contributed by atoms with Crippen molar-refractivity contribution in [2.24, 2.45) is 10.7 Å². The topological polar surface area (TPSA) is 41.6 Å². The minimum absolute atomic E-state index is 0.584. The molecule has 3 nitrogen and oxygen atoms in total. The van der Waals surface area contributed by atoms with E-state index in [0.29, 0.717) is 5.96 Å². The zero-order valence-electron chi connectivity index (χ0n) is 9.07. The van der Waals surface area contributed by atoms with Crippen LogP contribution in [0, 0.1) is 0 Å². The van der Waals surface area contributed by atoms with Gasteiger partial charge in [0.05, 0.1) is 0 Å². The number of guanidine groups is 1. The molecule has 0 radical (unpaired) electrons. The molecule has 1 aromatic carbocycles. The summed E-state index contributed by atoms with van der Waals surface area (Å²) in [6.07, 6.45) is 0. The zero-order chi connectivity index (χ0) is 11.3. The highest BCUT2D eigenvalue weighted by molar-refractivity contribution is 9.10. The molecular formula is C11H16BrN3. The minimum Gasteiger partial charge on any atom is -0.370 e. The van der Waals surface area contributed by atoms with E-state index in [9.17, 15) is 0 Å². The highest BCUT2D eigenvalue weighted by atomic mass is 79.9. The number of nitrogens with two attached hydrogens (primary N) is 1. The van der Waals surface area contributed by atoms with E-state index < -0.39 is 0 Å². The fraction of sp³-hybridized carbons (Fsp3) is 0.364. The fourth-order valence-electron chi connectivity index (χ4n) is 1.23. The molecule has 2 N–H and O–H groups in total. The highest BCUT2D eigenvalue weighted by Gasteiger charge is 2.01. The second kappa shape index (κ2) is 5.75. The fourth-order valence-corrected chi connectivity index (χ4v) is 1.49. The maximum Gasteiger partial charge on any atom is 0.191 e. The summed E-state index contributed by atoms with van der Waals surface area (Å²) in [6.45, 7) is 3.47. The first-order chi connectivity index (χ1) is 7.13. The van der Waals surface area contributed by atoms with Gasteiger partial charge in [-0.2, -0.15) is 0 Å². The van der Waals surface area contributed by atoms with Crippen molar-refractivity contribution >= 4 is 21.9 Å². The van der Waals surface area contributed by atoms with Crippen LogP contribution in [0.2, 0.25) is 0 Å². The molecule has 82 valence electrons. The van der Waals surface area contributed by atoms with Crippen molar-refractivity contribution in [1.29, 1.82) is 0 Å². The third-order valence-corrected chi connectivity index (χ3v) is 2.57. The van der Waals surface area contributed by atoms with Gasteiger partial charge < -0.3 is 10.6 Å². The Balaban J connectivity index is 2.62. The number of nitrogens with zero attached hydrogens (tertiary/aromatic N) is 2. The molecular weight excluding hydrogens is 254 g/mol. The summed E-state index contributed by atoms with van der Waals surface area (Å²) in [5.74, 6) is 0.584. The molecule has 0 atom stereocenters. The molecule has 0 amide bonds. The van der Waals surface area contributed by atoms with Crippen molar-refractivity contribution in [1.82, 2.24) is 4.90 Å². The lowest BCUT2D eigenvalue weighted by Gasteiger charge is -2.17.